The summed E-state index contributed by atoms with van der Waals surface area (Å²) in [6.07, 6.45) is 4.67. The van der Waals surface area contributed by atoms with Crippen LogP contribution in [0.5, 0.6) is 0 Å². The summed E-state index contributed by atoms with van der Waals surface area (Å²) in [5, 5.41) is 10.4. The number of carbonyl (C=O) groups is 3. The van der Waals surface area contributed by atoms with Crippen molar-refractivity contribution >= 4 is 46.1 Å². The lowest BCUT2D eigenvalue weighted by Gasteiger charge is -2.33. The zero-order valence-corrected chi connectivity index (χ0v) is 26.5. The number of nitrogens with zero attached hydrogens (tertiary/aromatic N) is 4. The molecule has 0 aliphatic carbocycles. The van der Waals surface area contributed by atoms with Crippen molar-refractivity contribution in [3.05, 3.63) is 88.1 Å². The van der Waals surface area contributed by atoms with Gasteiger partial charge in [0.25, 0.3) is 11.8 Å². The van der Waals surface area contributed by atoms with E-state index >= 15 is 0 Å². The summed E-state index contributed by atoms with van der Waals surface area (Å²) in [6, 6.07) is 15.0. The number of fused-ring (bicyclic) bond motifs is 1. The highest BCUT2D eigenvalue weighted by molar-refractivity contribution is 6.32. The van der Waals surface area contributed by atoms with Gasteiger partial charge in [0.15, 0.2) is 0 Å². The normalized spacial score (nSPS) is 17.7. The van der Waals surface area contributed by atoms with E-state index in [4.69, 9.17) is 27.2 Å². The molecule has 4 N–H and O–H groups in total. The predicted molar refractivity (Wildman–Crippen MR) is 178 cm³/mol. The number of amides is 2. The number of carboxylic acids is 1. The molecule has 2 aromatic carbocycles. The molecule has 4 heterocycles. The van der Waals surface area contributed by atoms with Gasteiger partial charge in [0.2, 0.25) is 0 Å². The number of likely N-dealkylation sites (tertiary alicyclic amines) is 1. The molecule has 6 rings (SSSR count). The van der Waals surface area contributed by atoms with Crippen LogP contribution in [-0.2, 0) is 9.53 Å². The van der Waals surface area contributed by atoms with Crippen LogP contribution in [0.15, 0.2) is 60.8 Å². The lowest BCUT2D eigenvalue weighted by Crippen LogP contribution is -2.47. The molecule has 2 aliphatic heterocycles. The number of halogens is 1. The van der Waals surface area contributed by atoms with Crippen LogP contribution in [0.1, 0.15) is 57.5 Å². The molecule has 0 radical (unpaired) electrons. The molecule has 2 saturated heterocycles. The molecule has 12 heteroatoms. The molecular weight excluding hydrogens is 620 g/mol. The van der Waals surface area contributed by atoms with Crippen LogP contribution in [0.4, 0.5) is 5.82 Å². The summed E-state index contributed by atoms with van der Waals surface area (Å²) in [4.78, 5) is 50.5. The van der Waals surface area contributed by atoms with Gasteiger partial charge in [0.1, 0.15) is 11.9 Å². The minimum Gasteiger partial charge on any atom is -0.480 e. The number of nitrogens with two attached hydrogens (primary N) is 1. The summed E-state index contributed by atoms with van der Waals surface area (Å²) < 4.78 is 5.50. The Morgan fingerprint density at radius 2 is 1.85 bits per heavy atom. The van der Waals surface area contributed by atoms with E-state index < -0.39 is 17.9 Å². The lowest BCUT2D eigenvalue weighted by atomic mass is 10.0. The van der Waals surface area contributed by atoms with Gasteiger partial charge in [-0.1, -0.05) is 35.6 Å². The highest BCUT2D eigenvalue weighted by Crippen LogP contribution is 2.29. The maximum absolute atomic E-state index is 13.1. The SMILES string of the molecule is COC1CCN(c2cc3nc(-c4ccc(C#Cc5ccc(C(=O)N6CCCC[C@H]6C(=O)O)cc5Cl)cc4)cc(C(=O)NN)c3cn2)C1. The van der Waals surface area contributed by atoms with Gasteiger partial charge in [-0.3, -0.25) is 15.0 Å². The van der Waals surface area contributed by atoms with Crippen LogP contribution in [0.3, 0.4) is 0 Å². The van der Waals surface area contributed by atoms with Gasteiger partial charge in [-0.15, -0.1) is 0 Å². The number of carbonyl (C=O) groups excluding carboxylic acids is 2. The van der Waals surface area contributed by atoms with Crippen molar-refractivity contribution in [1.82, 2.24) is 20.3 Å². The zero-order chi connectivity index (χ0) is 33.1. The number of nitrogens with one attached hydrogen (secondary N) is 1. The first kappa shape index (κ1) is 31.9. The number of ether oxygens (including phenoxy) is 1. The number of carboxylic acid groups (broad SMARTS) is 1. The van der Waals surface area contributed by atoms with Crippen LogP contribution < -0.4 is 16.2 Å². The molecule has 1 unspecified atom stereocenters. The van der Waals surface area contributed by atoms with E-state index in [1.54, 1.807) is 31.5 Å². The molecule has 2 amide bonds. The van der Waals surface area contributed by atoms with Crippen LogP contribution in [0, 0.1) is 11.8 Å². The second-order valence-electron chi connectivity index (χ2n) is 11.6. The van der Waals surface area contributed by atoms with Crippen LogP contribution >= 0.6 is 11.6 Å². The Hall–Kier alpha value is -5.02. The predicted octanol–water partition coefficient (Wildman–Crippen LogP) is 4.26. The number of aliphatic carboxylic acids is 1. The summed E-state index contributed by atoms with van der Waals surface area (Å²) in [6.45, 7) is 1.94. The topological polar surface area (TPSA) is 151 Å². The third kappa shape index (κ3) is 6.76. The van der Waals surface area contributed by atoms with Gasteiger partial charge in [0, 0.05) is 66.6 Å². The monoisotopic (exact) mass is 652 g/mol. The highest BCUT2D eigenvalue weighted by Gasteiger charge is 2.32. The number of rotatable bonds is 6. The molecule has 2 fully saturated rings. The molecule has 47 heavy (non-hydrogen) atoms. The number of piperidine rings is 1. The number of hydrazine groups is 1. The van der Waals surface area contributed by atoms with E-state index in [1.165, 1.54) is 11.0 Å². The first-order valence-electron chi connectivity index (χ1n) is 15.3. The second-order valence-corrected chi connectivity index (χ2v) is 12.0. The van der Waals surface area contributed by atoms with E-state index in [2.05, 4.69) is 27.2 Å². The maximum Gasteiger partial charge on any atom is 0.326 e. The minimum atomic E-state index is -1.000. The van der Waals surface area contributed by atoms with E-state index in [1.807, 2.05) is 30.3 Å². The van der Waals surface area contributed by atoms with Crippen LogP contribution in [0.2, 0.25) is 5.02 Å². The Bertz CT molecular complexity index is 1920. The van der Waals surface area contributed by atoms with Gasteiger partial charge in [-0.25, -0.2) is 20.6 Å². The fourth-order valence-corrected chi connectivity index (χ4v) is 6.26. The molecule has 2 aromatic heterocycles. The van der Waals surface area contributed by atoms with Gasteiger partial charge in [-0.2, -0.15) is 0 Å². The smallest absolute Gasteiger partial charge is 0.326 e. The molecule has 2 aliphatic rings. The fourth-order valence-electron chi connectivity index (χ4n) is 6.04. The fraction of sp³-hybridized carbons (Fsp3) is 0.286. The standard InChI is InChI=1S/C35H33ClN6O5/c1-47-25-13-15-41(20-25)32-18-30-27(19-38-32)26(33(43)40-37)17-29(39-30)23-9-6-21(7-10-23)5-8-22-11-12-24(16-28(22)36)34(44)42-14-3-2-4-31(42)35(45)46/h6-7,9-12,16-19,25,31H,2-4,13-15,20,37H2,1H3,(H,40,43)(H,45,46)/t25?,31-/m0/s1. The first-order chi connectivity index (χ1) is 22.7. The van der Waals surface area contributed by atoms with E-state index in [0.29, 0.717) is 51.3 Å². The van der Waals surface area contributed by atoms with Crippen molar-refractivity contribution < 1.29 is 24.2 Å². The minimum absolute atomic E-state index is 0.143. The van der Waals surface area contributed by atoms with Gasteiger partial charge < -0.3 is 19.6 Å². The molecule has 240 valence electrons. The quantitative estimate of drug-likeness (QED) is 0.120. The number of benzene rings is 2. The number of hydrogen-bond acceptors (Lipinski definition) is 8. The molecule has 0 spiro atoms. The Labute approximate surface area is 276 Å². The number of hydrogen-bond donors (Lipinski definition) is 3. The van der Waals surface area contributed by atoms with E-state index in [-0.39, 0.29) is 12.0 Å². The van der Waals surface area contributed by atoms with E-state index in [9.17, 15) is 19.5 Å². The maximum atomic E-state index is 13.1. The van der Waals surface area contributed by atoms with Gasteiger partial charge >= 0.3 is 5.97 Å². The summed E-state index contributed by atoms with van der Waals surface area (Å²) in [7, 11) is 1.71. The first-order valence-corrected chi connectivity index (χ1v) is 15.7. The summed E-state index contributed by atoms with van der Waals surface area (Å²) >= 11 is 6.50. The average Bonchev–Trinajstić information content (AvgIpc) is 3.59. The van der Waals surface area contributed by atoms with Crippen molar-refractivity contribution in [3.8, 4) is 23.1 Å². The third-order valence-corrected chi connectivity index (χ3v) is 8.96. The summed E-state index contributed by atoms with van der Waals surface area (Å²) in [5.74, 6) is 10.6. The number of anilines is 1. The lowest BCUT2D eigenvalue weighted by molar-refractivity contribution is -0.143. The second kappa shape index (κ2) is 13.8. The van der Waals surface area contributed by atoms with Crippen LogP contribution in [0.25, 0.3) is 22.2 Å². The number of nitrogen functional groups attached to an aromatic ring is 1. The van der Waals surface area contributed by atoms with Crippen molar-refractivity contribution in [2.45, 2.75) is 37.8 Å². The summed E-state index contributed by atoms with van der Waals surface area (Å²) in [5.41, 5.74) is 6.15. The average molecular weight is 653 g/mol. The Morgan fingerprint density at radius 1 is 1.04 bits per heavy atom. The van der Waals surface area contributed by atoms with Gasteiger partial charge in [-0.05, 0) is 62.1 Å². The van der Waals surface area contributed by atoms with Crippen molar-refractivity contribution in [1.29, 1.82) is 0 Å². The van der Waals surface area contributed by atoms with Crippen molar-refractivity contribution in [2.24, 2.45) is 5.84 Å². The molecule has 4 aromatic rings. The molecule has 0 saturated carbocycles. The number of aromatic nitrogens is 2. The largest absolute Gasteiger partial charge is 0.480 e. The highest BCUT2D eigenvalue weighted by atomic mass is 35.5. The van der Waals surface area contributed by atoms with E-state index in [0.717, 1.165) is 49.3 Å². The number of methoxy groups -OCH3 is 1. The molecule has 0 bridgehead atoms. The number of pyridine rings is 2. The third-order valence-electron chi connectivity index (χ3n) is 8.64. The Morgan fingerprint density at radius 3 is 2.55 bits per heavy atom. The van der Waals surface area contributed by atoms with Crippen molar-refractivity contribution in [2.75, 3.05) is 31.6 Å². The molecule has 2 atom stereocenters. The molecular formula is C35H33ClN6O5. The Kier molecular flexibility index (Phi) is 9.36. The zero-order valence-electron chi connectivity index (χ0n) is 25.7. The molecule has 11 nitrogen and oxygen atoms in total. The van der Waals surface area contributed by atoms with Gasteiger partial charge in [0.05, 0.1) is 27.9 Å². The van der Waals surface area contributed by atoms with Crippen molar-refractivity contribution in [3.63, 3.8) is 0 Å². The van der Waals surface area contributed by atoms with Crippen LogP contribution in [-0.4, -0.2) is 76.6 Å². The Balaban J connectivity index is 1.23.